The van der Waals surface area contributed by atoms with Crippen LogP contribution >= 0.6 is 0 Å². The number of amides is 1. The van der Waals surface area contributed by atoms with Crippen LogP contribution in [0.25, 0.3) is 0 Å². The van der Waals surface area contributed by atoms with Crippen molar-refractivity contribution in [2.24, 2.45) is 5.92 Å². The molecule has 0 unspecified atom stereocenters. The number of Topliss-reactive ketones (excluding diaryl/α,β-unsaturated/α-hetero) is 1. The monoisotopic (exact) mass is 352 g/mol. The van der Waals surface area contributed by atoms with E-state index in [1.165, 1.54) is 24.0 Å². The fourth-order valence-electron chi connectivity index (χ4n) is 3.34. The number of aromatic nitrogens is 1. The van der Waals surface area contributed by atoms with Crippen LogP contribution in [0.3, 0.4) is 0 Å². The average Bonchev–Trinajstić information content (AvgIpc) is 2.67. The van der Waals surface area contributed by atoms with Crippen molar-refractivity contribution < 1.29 is 14.7 Å². The van der Waals surface area contributed by atoms with Gasteiger partial charge in [-0.2, -0.15) is 0 Å². The van der Waals surface area contributed by atoms with Crippen LogP contribution in [0.1, 0.15) is 58.9 Å². The Hall–Kier alpha value is -2.69. The minimum absolute atomic E-state index is 0.0224. The van der Waals surface area contributed by atoms with Crippen molar-refractivity contribution >= 4 is 11.7 Å². The van der Waals surface area contributed by atoms with Crippen LogP contribution in [-0.4, -0.2) is 39.8 Å². The lowest BCUT2D eigenvalue weighted by molar-refractivity contribution is 0.0649. The molecule has 2 heterocycles. The predicted molar refractivity (Wildman–Crippen MR) is 99.4 cm³/mol. The molecule has 1 N–H and O–H groups in total. The Balaban J connectivity index is 1.61. The first-order chi connectivity index (χ1) is 12.5. The molecule has 1 saturated heterocycles. The molecule has 5 nitrogen and oxygen atoms in total. The Labute approximate surface area is 153 Å². The molecule has 26 heavy (non-hydrogen) atoms. The van der Waals surface area contributed by atoms with Gasteiger partial charge in [-0.15, -0.1) is 0 Å². The number of benzene rings is 1. The molecule has 1 fully saturated rings. The number of carbonyl (C=O) groups excluding carboxylic acids is 2. The average molecular weight is 352 g/mol. The lowest BCUT2D eigenvalue weighted by atomic mass is 9.88. The van der Waals surface area contributed by atoms with Gasteiger partial charge < -0.3 is 10.0 Å². The highest BCUT2D eigenvalue weighted by atomic mass is 16.3. The molecule has 0 aliphatic carbocycles. The van der Waals surface area contributed by atoms with E-state index >= 15 is 0 Å². The number of likely N-dealkylation sites (tertiary alicyclic amines) is 1. The van der Waals surface area contributed by atoms with Crippen molar-refractivity contribution in [3.05, 3.63) is 59.4 Å². The Bertz CT molecular complexity index is 791. The zero-order chi connectivity index (χ0) is 18.7. The van der Waals surface area contributed by atoms with Gasteiger partial charge in [0.15, 0.2) is 5.78 Å². The molecular formula is C21H24N2O3. The van der Waals surface area contributed by atoms with Gasteiger partial charge in [0.2, 0.25) is 0 Å². The van der Waals surface area contributed by atoms with E-state index in [1.54, 1.807) is 4.90 Å². The number of aromatic hydroxyl groups is 1. The Morgan fingerprint density at radius 1 is 1.08 bits per heavy atom. The van der Waals surface area contributed by atoms with E-state index in [-0.39, 0.29) is 23.4 Å². The summed E-state index contributed by atoms with van der Waals surface area (Å²) in [5.74, 6) is 0.379. The number of nitrogens with zero attached hydrogens (tertiary/aromatic N) is 2. The SMILES string of the molecule is CC(C)c1ccc(C(=O)C2CCN(C(=O)c3cncc(O)c3)CC2)cc1. The largest absolute Gasteiger partial charge is 0.506 e. The van der Waals surface area contributed by atoms with E-state index in [4.69, 9.17) is 0 Å². The van der Waals surface area contributed by atoms with Gasteiger partial charge >= 0.3 is 0 Å². The van der Waals surface area contributed by atoms with Gasteiger partial charge in [0.1, 0.15) is 5.75 Å². The Kier molecular flexibility index (Phi) is 5.35. The maximum Gasteiger partial charge on any atom is 0.255 e. The van der Waals surface area contributed by atoms with Gasteiger partial charge in [0.25, 0.3) is 5.91 Å². The van der Waals surface area contributed by atoms with Gasteiger partial charge in [-0.3, -0.25) is 14.6 Å². The summed E-state index contributed by atoms with van der Waals surface area (Å²) in [5, 5.41) is 9.48. The van der Waals surface area contributed by atoms with Crippen LogP contribution < -0.4 is 0 Å². The van der Waals surface area contributed by atoms with Crippen molar-refractivity contribution in [3.63, 3.8) is 0 Å². The molecule has 0 saturated carbocycles. The van der Waals surface area contributed by atoms with Crippen molar-refractivity contribution in [3.8, 4) is 5.75 Å². The third kappa shape index (κ3) is 3.93. The van der Waals surface area contributed by atoms with Crippen molar-refractivity contribution in [1.29, 1.82) is 0 Å². The summed E-state index contributed by atoms with van der Waals surface area (Å²) in [4.78, 5) is 30.8. The highest BCUT2D eigenvalue weighted by molar-refractivity contribution is 5.98. The maximum absolute atomic E-state index is 12.7. The van der Waals surface area contributed by atoms with Crippen LogP contribution in [0.5, 0.6) is 5.75 Å². The lowest BCUT2D eigenvalue weighted by Crippen LogP contribution is -2.40. The van der Waals surface area contributed by atoms with Crippen LogP contribution in [-0.2, 0) is 0 Å². The first kappa shape index (κ1) is 18.1. The molecule has 1 aliphatic heterocycles. The van der Waals surface area contributed by atoms with E-state index in [0.717, 1.165) is 5.56 Å². The second-order valence-electron chi connectivity index (χ2n) is 7.14. The molecule has 0 bridgehead atoms. The fourth-order valence-corrected chi connectivity index (χ4v) is 3.34. The Morgan fingerprint density at radius 2 is 1.73 bits per heavy atom. The highest BCUT2D eigenvalue weighted by Gasteiger charge is 2.28. The number of piperidine rings is 1. The number of pyridine rings is 1. The lowest BCUT2D eigenvalue weighted by Gasteiger charge is -2.31. The third-order valence-corrected chi connectivity index (χ3v) is 4.99. The molecule has 5 heteroatoms. The summed E-state index contributed by atoms with van der Waals surface area (Å²) in [6, 6.07) is 9.28. The topological polar surface area (TPSA) is 70.5 Å². The van der Waals surface area contributed by atoms with E-state index < -0.39 is 0 Å². The first-order valence-corrected chi connectivity index (χ1v) is 9.03. The van der Waals surface area contributed by atoms with E-state index in [2.05, 4.69) is 18.8 Å². The van der Waals surface area contributed by atoms with E-state index in [0.29, 0.717) is 37.4 Å². The standard InChI is InChI=1S/C21H24N2O3/c1-14(2)15-3-5-16(6-4-15)20(25)17-7-9-23(10-8-17)21(26)18-11-19(24)13-22-12-18/h3-6,11-14,17,24H,7-10H2,1-2H3. The fraction of sp³-hybridized carbons (Fsp3) is 0.381. The second-order valence-corrected chi connectivity index (χ2v) is 7.14. The van der Waals surface area contributed by atoms with Gasteiger partial charge in [0.05, 0.1) is 11.8 Å². The van der Waals surface area contributed by atoms with E-state index in [9.17, 15) is 14.7 Å². The molecule has 3 rings (SSSR count). The number of hydrogen-bond acceptors (Lipinski definition) is 4. The van der Waals surface area contributed by atoms with Crippen molar-refractivity contribution in [2.75, 3.05) is 13.1 Å². The summed E-state index contributed by atoms with van der Waals surface area (Å²) in [7, 11) is 0. The first-order valence-electron chi connectivity index (χ1n) is 9.03. The molecule has 0 spiro atoms. The molecule has 1 amide bonds. The predicted octanol–water partition coefficient (Wildman–Crippen LogP) is 3.65. The third-order valence-electron chi connectivity index (χ3n) is 4.99. The smallest absolute Gasteiger partial charge is 0.255 e. The summed E-state index contributed by atoms with van der Waals surface area (Å²) in [6.07, 6.45) is 4.06. The van der Waals surface area contributed by atoms with Crippen molar-refractivity contribution in [1.82, 2.24) is 9.88 Å². The Morgan fingerprint density at radius 3 is 2.31 bits per heavy atom. The quantitative estimate of drug-likeness (QED) is 0.853. The molecule has 1 aromatic carbocycles. The van der Waals surface area contributed by atoms with E-state index in [1.807, 2.05) is 24.3 Å². The second kappa shape index (κ2) is 7.68. The summed E-state index contributed by atoms with van der Waals surface area (Å²) in [6.45, 7) is 5.33. The van der Waals surface area contributed by atoms with Gasteiger partial charge in [0, 0.05) is 30.8 Å². The normalized spacial score (nSPS) is 15.3. The van der Waals surface area contributed by atoms with Gasteiger partial charge in [-0.05, 0) is 30.4 Å². The number of hydrogen-bond donors (Lipinski definition) is 1. The number of carbonyl (C=O) groups is 2. The minimum Gasteiger partial charge on any atom is -0.506 e. The molecule has 2 aromatic rings. The molecule has 1 aromatic heterocycles. The van der Waals surface area contributed by atoms with Gasteiger partial charge in [-0.1, -0.05) is 38.1 Å². The summed E-state index contributed by atoms with van der Waals surface area (Å²) >= 11 is 0. The summed E-state index contributed by atoms with van der Waals surface area (Å²) in [5.41, 5.74) is 2.34. The van der Waals surface area contributed by atoms with Crippen LogP contribution in [0.15, 0.2) is 42.7 Å². The highest BCUT2D eigenvalue weighted by Crippen LogP contribution is 2.24. The summed E-state index contributed by atoms with van der Waals surface area (Å²) < 4.78 is 0. The number of rotatable bonds is 4. The van der Waals surface area contributed by atoms with Crippen LogP contribution in [0, 0.1) is 5.92 Å². The maximum atomic E-state index is 12.7. The number of ketones is 1. The van der Waals surface area contributed by atoms with Crippen LogP contribution in [0.4, 0.5) is 0 Å². The zero-order valence-electron chi connectivity index (χ0n) is 15.2. The van der Waals surface area contributed by atoms with Crippen LogP contribution in [0.2, 0.25) is 0 Å². The zero-order valence-corrected chi connectivity index (χ0v) is 15.2. The molecule has 136 valence electrons. The van der Waals surface area contributed by atoms with Crippen molar-refractivity contribution in [2.45, 2.75) is 32.6 Å². The minimum atomic E-state index is -0.152. The molecule has 0 radical (unpaired) electrons. The molecular weight excluding hydrogens is 328 g/mol. The molecule has 1 aliphatic rings. The van der Waals surface area contributed by atoms with Gasteiger partial charge in [-0.25, -0.2) is 0 Å². The molecule has 0 atom stereocenters.